The minimum atomic E-state index is 0. The van der Waals surface area contributed by atoms with Crippen LogP contribution >= 0.6 is 0 Å². The fraction of sp³-hybridized carbons (Fsp3) is 0.238. The minimum Gasteiger partial charge on any atom is -0.354 e. The Morgan fingerprint density at radius 1 is 1.08 bits per heavy atom. The highest BCUT2D eigenvalue weighted by atomic mass is 15.1. The van der Waals surface area contributed by atoms with Gasteiger partial charge in [0, 0.05) is 48.0 Å². The topological polar surface area (TPSA) is 60.6 Å². The van der Waals surface area contributed by atoms with E-state index >= 15 is 0 Å². The summed E-state index contributed by atoms with van der Waals surface area (Å²) in [5, 5.41) is 1.24. The second kappa shape index (κ2) is 6.42. The average molecular weight is 345 g/mol. The monoisotopic (exact) mass is 345 g/mol. The van der Waals surface area contributed by atoms with Crippen LogP contribution < -0.4 is 0 Å². The first kappa shape index (κ1) is 16.5. The number of aromatic amines is 2. The van der Waals surface area contributed by atoms with E-state index in [0.717, 1.165) is 53.4 Å². The molecule has 132 valence electrons. The van der Waals surface area contributed by atoms with E-state index in [1.54, 1.807) is 0 Å². The second-order valence-corrected chi connectivity index (χ2v) is 6.65. The lowest BCUT2D eigenvalue weighted by molar-refractivity contribution is 0.345. The van der Waals surface area contributed by atoms with Crippen molar-refractivity contribution in [1.29, 1.82) is 0 Å². The van der Waals surface area contributed by atoms with E-state index in [1.165, 1.54) is 10.9 Å². The summed E-state index contributed by atoms with van der Waals surface area (Å²) in [5.41, 5.74) is 6.43. The Balaban J connectivity index is 0.00000168. The number of aromatic nitrogens is 4. The normalized spacial score (nSPS) is 14.3. The van der Waals surface area contributed by atoms with E-state index in [9.17, 15) is 0 Å². The number of fused-ring (bicyclic) bond motifs is 2. The molecular formula is C21H23N5. The number of imidazole rings is 1. The van der Waals surface area contributed by atoms with Gasteiger partial charge < -0.3 is 9.97 Å². The van der Waals surface area contributed by atoms with Crippen LogP contribution in [0.5, 0.6) is 0 Å². The van der Waals surface area contributed by atoms with E-state index in [4.69, 9.17) is 0 Å². The maximum atomic E-state index is 4.43. The zero-order valence-corrected chi connectivity index (χ0v) is 14.1. The molecule has 5 rings (SSSR count). The van der Waals surface area contributed by atoms with Gasteiger partial charge in [0.25, 0.3) is 0 Å². The molecule has 1 aliphatic rings. The predicted molar refractivity (Wildman–Crippen MR) is 107 cm³/mol. The predicted octanol–water partition coefficient (Wildman–Crippen LogP) is 4.42. The lowest BCUT2D eigenvalue weighted by Gasteiger charge is -2.14. The van der Waals surface area contributed by atoms with Gasteiger partial charge in [0.15, 0.2) is 5.65 Å². The van der Waals surface area contributed by atoms with Crippen molar-refractivity contribution in [2.45, 2.75) is 20.9 Å². The van der Waals surface area contributed by atoms with Crippen molar-refractivity contribution in [3.63, 3.8) is 0 Å². The van der Waals surface area contributed by atoms with Crippen LogP contribution in [-0.4, -0.2) is 37.9 Å². The summed E-state index contributed by atoms with van der Waals surface area (Å²) in [5.74, 6) is 0.882. The lowest BCUT2D eigenvalue weighted by atomic mass is 10.1. The van der Waals surface area contributed by atoms with Crippen molar-refractivity contribution in [1.82, 2.24) is 24.8 Å². The van der Waals surface area contributed by atoms with Crippen molar-refractivity contribution in [2.75, 3.05) is 13.1 Å². The summed E-state index contributed by atoms with van der Waals surface area (Å²) in [7, 11) is 0. The molecule has 2 N–H and O–H groups in total. The van der Waals surface area contributed by atoms with Crippen LogP contribution in [0, 0.1) is 6.92 Å². The van der Waals surface area contributed by atoms with Crippen LogP contribution in [0.15, 0.2) is 48.7 Å². The first-order valence-corrected chi connectivity index (χ1v) is 8.57. The maximum absolute atomic E-state index is 4.43. The first-order chi connectivity index (χ1) is 12.3. The molecule has 5 nitrogen and oxygen atoms in total. The largest absolute Gasteiger partial charge is 0.354 e. The molecule has 4 aromatic rings. The molecule has 26 heavy (non-hydrogen) atoms. The van der Waals surface area contributed by atoms with E-state index in [0.29, 0.717) is 0 Å². The zero-order valence-electron chi connectivity index (χ0n) is 14.1. The molecule has 4 heterocycles. The van der Waals surface area contributed by atoms with Crippen molar-refractivity contribution < 1.29 is 0 Å². The third-order valence-electron chi connectivity index (χ3n) is 4.79. The van der Waals surface area contributed by atoms with Gasteiger partial charge in [-0.1, -0.05) is 25.6 Å². The van der Waals surface area contributed by atoms with Crippen molar-refractivity contribution in [3.8, 4) is 11.3 Å². The van der Waals surface area contributed by atoms with E-state index < -0.39 is 0 Å². The quantitative estimate of drug-likeness (QED) is 0.540. The third kappa shape index (κ3) is 2.80. The Morgan fingerprint density at radius 3 is 2.77 bits per heavy atom. The molecular weight excluding hydrogens is 322 g/mol. The standard InChI is InChI=1S/C20H19N5.CH4/c1-13-22-19-16(6-7-21-20(19)23-13)18-11-15-10-14(4-5-17(15)24-18)12-25-8-2-3-9-25;/h2-7,10-11,24H,8-9,12H2,1H3,(H,21,22,23);1H4. The first-order valence-electron chi connectivity index (χ1n) is 8.57. The number of aryl methyl sites for hydroxylation is 1. The number of benzene rings is 1. The Bertz CT molecular complexity index is 1090. The van der Waals surface area contributed by atoms with Gasteiger partial charge in [-0.05, 0) is 36.8 Å². The van der Waals surface area contributed by atoms with Crippen molar-refractivity contribution >= 4 is 22.1 Å². The van der Waals surface area contributed by atoms with Crippen LogP contribution in [0.1, 0.15) is 18.8 Å². The van der Waals surface area contributed by atoms with Gasteiger partial charge in [0.2, 0.25) is 0 Å². The van der Waals surface area contributed by atoms with Gasteiger partial charge in [-0.25, -0.2) is 9.97 Å². The van der Waals surface area contributed by atoms with Crippen LogP contribution in [-0.2, 0) is 6.54 Å². The lowest BCUT2D eigenvalue weighted by Crippen LogP contribution is -2.18. The summed E-state index contributed by atoms with van der Waals surface area (Å²) in [6.45, 7) is 5.04. The summed E-state index contributed by atoms with van der Waals surface area (Å²) in [4.78, 5) is 18.1. The fourth-order valence-corrected chi connectivity index (χ4v) is 3.59. The highest BCUT2D eigenvalue weighted by molar-refractivity contribution is 5.94. The third-order valence-corrected chi connectivity index (χ3v) is 4.79. The Kier molecular flexibility index (Phi) is 4.09. The maximum Gasteiger partial charge on any atom is 0.178 e. The van der Waals surface area contributed by atoms with Crippen LogP contribution in [0.2, 0.25) is 0 Å². The number of hydrogen-bond acceptors (Lipinski definition) is 3. The van der Waals surface area contributed by atoms with Gasteiger partial charge in [0.1, 0.15) is 5.82 Å². The molecule has 0 amide bonds. The number of H-pyrrole nitrogens is 2. The molecule has 0 atom stereocenters. The SMILES string of the molecule is C.Cc1nc2nccc(-c3cc4cc(CN5CC=CC5)ccc4[nH]3)c2[nH]1. The second-order valence-electron chi connectivity index (χ2n) is 6.65. The van der Waals surface area contributed by atoms with Gasteiger partial charge in [-0.2, -0.15) is 0 Å². The molecule has 0 radical (unpaired) electrons. The van der Waals surface area contributed by atoms with Crippen molar-refractivity contribution in [2.24, 2.45) is 0 Å². The Morgan fingerprint density at radius 2 is 1.92 bits per heavy atom. The molecule has 0 bridgehead atoms. The molecule has 0 spiro atoms. The van der Waals surface area contributed by atoms with Crippen LogP contribution in [0.25, 0.3) is 33.3 Å². The summed E-state index contributed by atoms with van der Waals surface area (Å²) < 4.78 is 0. The average Bonchev–Trinajstić information content (AvgIpc) is 3.32. The zero-order chi connectivity index (χ0) is 16.8. The molecule has 0 saturated heterocycles. The molecule has 0 fully saturated rings. The number of hydrogen-bond donors (Lipinski definition) is 2. The Labute approximate surface area is 152 Å². The van der Waals surface area contributed by atoms with Gasteiger partial charge in [-0.3, -0.25) is 4.90 Å². The highest BCUT2D eigenvalue weighted by Crippen LogP contribution is 2.29. The fourth-order valence-electron chi connectivity index (χ4n) is 3.59. The smallest absolute Gasteiger partial charge is 0.178 e. The van der Waals surface area contributed by atoms with Gasteiger partial charge in [0.05, 0.1) is 5.52 Å². The number of nitrogens with zero attached hydrogens (tertiary/aromatic N) is 3. The van der Waals surface area contributed by atoms with Gasteiger partial charge >= 0.3 is 0 Å². The number of pyridine rings is 1. The van der Waals surface area contributed by atoms with E-state index in [-0.39, 0.29) is 7.43 Å². The van der Waals surface area contributed by atoms with E-state index in [1.807, 2.05) is 19.2 Å². The molecule has 1 aromatic carbocycles. The summed E-state index contributed by atoms with van der Waals surface area (Å²) >= 11 is 0. The molecule has 1 aliphatic heterocycles. The molecule has 0 unspecified atom stereocenters. The molecule has 5 heteroatoms. The van der Waals surface area contributed by atoms with Gasteiger partial charge in [-0.15, -0.1) is 0 Å². The minimum absolute atomic E-state index is 0. The molecule has 0 aliphatic carbocycles. The van der Waals surface area contributed by atoms with Crippen molar-refractivity contribution in [3.05, 3.63) is 60.1 Å². The highest BCUT2D eigenvalue weighted by Gasteiger charge is 2.12. The Hall–Kier alpha value is -2.92. The van der Waals surface area contributed by atoms with E-state index in [2.05, 4.69) is 61.3 Å². The van der Waals surface area contributed by atoms with Crippen LogP contribution in [0.4, 0.5) is 0 Å². The number of rotatable bonds is 3. The molecule has 3 aromatic heterocycles. The number of nitrogens with one attached hydrogen (secondary N) is 2. The molecule has 0 saturated carbocycles. The van der Waals surface area contributed by atoms with Crippen LogP contribution in [0.3, 0.4) is 0 Å². The summed E-state index contributed by atoms with van der Waals surface area (Å²) in [6.07, 6.45) is 6.28. The summed E-state index contributed by atoms with van der Waals surface area (Å²) in [6, 6.07) is 10.9.